The average molecular weight is 537 g/mol. The Labute approximate surface area is 188 Å². The van der Waals surface area contributed by atoms with E-state index >= 15 is 0 Å². The van der Waals surface area contributed by atoms with E-state index in [1.165, 1.54) is 11.3 Å². The molecular formula is C18H28IN5O2S2. The zero-order chi connectivity index (χ0) is 19.1. The van der Waals surface area contributed by atoms with Crippen molar-refractivity contribution < 1.29 is 8.42 Å². The molecule has 0 unspecified atom stereocenters. The van der Waals surface area contributed by atoms with Crippen LogP contribution in [0.5, 0.6) is 0 Å². The minimum Gasteiger partial charge on any atom is -0.355 e. The molecule has 0 amide bonds. The van der Waals surface area contributed by atoms with Crippen molar-refractivity contribution in [3.8, 4) is 0 Å². The third-order valence-corrected chi connectivity index (χ3v) is 7.98. The van der Waals surface area contributed by atoms with Crippen molar-refractivity contribution in [2.45, 2.75) is 36.6 Å². The Bertz CT molecular complexity index is 843. The van der Waals surface area contributed by atoms with Crippen LogP contribution in [0.3, 0.4) is 0 Å². The molecule has 2 aromatic heterocycles. The van der Waals surface area contributed by atoms with E-state index in [0.717, 1.165) is 37.2 Å². The fraction of sp³-hybridized carbons (Fsp3) is 0.500. The third-order valence-electron chi connectivity index (χ3n) is 4.53. The number of sulfonamides is 1. The zero-order valence-corrected chi connectivity index (χ0v) is 20.0. The van der Waals surface area contributed by atoms with Gasteiger partial charge in [-0.05, 0) is 37.1 Å². The van der Waals surface area contributed by atoms with Crippen LogP contribution in [0.15, 0.2) is 45.9 Å². The number of piperidine rings is 1. The molecule has 2 N–H and O–H groups in total. The number of rotatable bonds is 7. The van der Waals surface area contributed by atoms with Gasteiger partial charge in [-0.15, -0.1) is 35.3 Å². The molecule has 2 aromatic rings. The number of aromatic nitrogens is 1. The highest BCUT2D eigenvalue weighted by molar-refractivity contribution is 14.0. The number of aliphatic imine (C=N–C) groups is 1. The van der Waals surface area contributed by atoms with Gasteiger partial charge in [-0.1, -0.05) is 6.42 Å². The van der Waals surface area contributed by atoms with E-state index in [2.05, 4.69) is 20.2 Å². The minimum atomic E-state index is -3.35. The molecule has 1 fully saturated rings. The second kappa shape index (κ2) is 11.2. The molecule has 1 aliphatic heterocycles. The Balaban J connectivity index is 0.00000280. The summed E-state index contributed by atoms with van der Waals surface area (Å²) in [6.45, 7) is 3.42. The first-order chi connectivity index (χ1) is 13.1. The van der Waals surface area contributed by atoms with Crippen molar-refractivity contribution in [2.75, 3.05) is 26.7 Å². The predicted molar refractivity (Wildman–Crippen MR) is 125 cm³/mol. The Morgan fingerprint density at radius 3 is 2.54 bits per heavy atom. The molecule has 0 aromatic carbocycles. The maximum absolute atomic E-state index is 12.7. The van der Waals surface area contributed by atoms with Crippen LogP contribution in [0.4, 0.5) is 0 Å². The van der Waals surface area contributed by atoms with Gasteiger partial charge in [0.25, 0.3) is 10.0 Å². The van der Waals surface area contributed by atoms with Crippen molar-refractivity contribution in [3.05, 3.63) is 41.5 Å². The van der Waals surface area contributed by atoms with Gasteiger partial charge in [0.1, 0.15) is 4.21 Å². The van der Waals surface area contributed by atoms with E-state index in [-0.39, 0.29) is 24.0 Å². The molecule has 0 radical (unpaired) electrons. The molecule has 0 saturated carbocycles. The standard InChI is InChI=1S/C18H27N5O2S2.HI/c1-19-18(20-9-14-22-10-5-6-11-22)21-15-16-7-8-17(26-16)27(24,25)23-12-3-2-4-13-23;/h5-8,10-11H,2-4,9,12-15H2,1H3,(H2,19,20,21);1H. The number of hydrogen-bond donors (Lipinski definition) is 2. The van der Waals surface area contributed by atoms with Gasteiger partial charge in [0.05, 0.1) is 6.54 Å². The van der Waals surface area contributed by atoms with Crippen LogP contribution in [-0.4, -0.2) is 49.9 Å². The summed E-state index contributed by atoms with van der Waals surface area (Å²) in [5.74, 6) is 0.705. The molecular weight excluding hydrogens is 509 g/mol. The van der Waals surface area contributed by atoms with Crippen LogP contribution in [0.2, 0.25) is 0 Å². The summed E-state index contributed by atoms with van der Waals surface area (Å²) in [6.07, 6.45) is 7.05. The highest BCUT2D eigenvalue weighted by Gasteiger charge is 2.27. The fourth-order valence-corrected chi connectivity index (χ4v) is 6.01. The number of hydrogen-bond acceptors (Lipinski definition) is 4. The maximum atomic E-state index is 12.7. The molecule has 0 bridgehead atoms. The summed E-state index contributed by atoms with van der Waals surface area (Å²) in [4.78, 5) is 5.19. The summed E-state index contributed by atoms with van der Waals surface area (Å²) in [6, 6.07) is 7.59. The molecule has 1 saturated heterocycles. The zero-order valence-electron chi connectivity index (χ0n) is 16.0. The summed E-state index contributed by atoms with van der Waals surface area (Å²) in [5.41, 5.74) is 0. The molecule has 0 spiro atoms. The van der Waals surface area contributed by atoms with E-state index in [1.807, 2.05) is 30.6 Å². The molecule has 0 aliphatic carbocycles. The Hall–Kier alpha value is -1.11. The molecule has 3 heterocycles. The molecule has 7 nitrogen and oxygen atoms in total. The van der Waals surface area contributed by atoms with Gasteiger partial charge in [-0.3, -0.25) is 4.99 Å². The Morgan fingerprint density at radius 2 is 1.86 bits per heavy atom. The SMILES string of the molecule is CN=C(NCCn1cccc1)NCc1ccc(S(=O)(=O)N2CCCCC2)s1.I. The summed E-state index contributed by atoms with van der Waals surface area (Å²) in [7, 11) is -1.62. The molecule has 3 rings (SSSR count). The highest BCUT2D eigenvalue weighted by Crippen LogP contribution is 2.26. The van der Waals surface area contributed by atoms with Gasteiger partial charge in [0.15, 0.2) is 5.96 Å². The highest BCUT2D eigenvalue weighted by atomic mass is 127. The number of halogens is 1. The van der Waals surface area contributed by atoms with Gasteiger partial charge in [0.2, 0.25) is 0 Å². The van der Waals surface area contributed by atoms with Crippen LogP contribution in [0, 0.1) is 0 Å². The van der Waals surface area contributed by atoms with Crippen LogP contribution >= 0.6 is 35.3 Å². The van der Waals surface area contributed by atoms with Crippen LogP contribution in [0.1, 0.15) is 24.1 Å². The van der Waals surface area contributed by atoms with Crippen LogP contribution in [0.25, 0.3) is 0 Å². The lowest BCUT2D eigenvalue weighted by atomic mass is 10.2. The minimum absolute atomic E-state index is 0. The lowest BCUT2D eigenvalue weighted by Gasteiger charge is -2.25. The van der Waals surface area contributed by atoms with E-state index in [4.69, 9.17) is 0 Å². The Morgan fingerprint density at radius 1 is 1.14 bits per heavy atom. The van der Waals surface area contributed by atoms with Crippen molar-refractivity contribution in [2.24, 2.45) is 4.99 Å². The lowest BCUT2D eigenvalue weighted by Crippen LogP contribution is -2.38. The van der Waals surface area contributed by atoms with Crippen molar-refractivity contribution >= 4 is 51.3 Å². The van der Waals surface area contributed by atoms with Gasteiger partial charge in [-0.25, -0.2) is 8.42 Å². The first-order valence-corrected chi connectivity index (χ1v) is 11.5. The van der Waals surface area contributed by atoms with Crippen LogP contribution < -0.4 is 10.6 Å². The molecule has 10 heteroatoms. The topological polar surface area (TPSA) is 78.7 Å². The van der Waals surface area contributed by atoms with E-state index in [0.29, 0.717) is 29.8 Å². The molecule has 28 heavy (non-hydrogen) atoms. The number of nitrogens with one attached hydrogen (secondary N) is 2. The Kier molecular flexibility index (Phi) is 9.25. The smallest absolute Gasteiger partial charge is 0.252 e. The van der Waals surface area contributed by atoms with Gasteiger partial charge >= 0.3 is 0 Å². The quantitative estimate of drug-likeness (QED) is 0.324. The summed E-state index contributed by atoms with van der Waals surface area (Å²) < 4.78 is 29.6. The predicted octanol–water partition coefficient (Wildman–Crippen LogP) is 2.71. The first kappa shape index (κ1) is 23.2. The largest absolute Gasteiger partial charge is 0.355 e. The van der Waals surface area contributed by atoms with Gasteiger partial charge in [-0.2, -0.15) is 4.31 Å². The second-order valence-corrected chi connectivity index (χ2v) is 9.79. The van der Waals surface area contributed by atoms with Crippen molar-refractivity contribution in [1.29, 1.82) is 0 Å². The molecule has 156 valence electrons. The van der Waals surface area contributed by atoms with E-state index in [1.54, 1.807) is 17.4 Å². The summed E-state index contributed by atoms with van der Waals surface area (Å²) in [5, 5.41) is 6.50. The monoisotopic (exact) mass is 537 g/mol. The van der Waals surface area contributed by atoms with E-state index in [9.17, 15) is 8.42 Å². The second-order valence-electron chi connectivity index (χ2n) is 6.46. The van der Waals surface area contributed by atoms with Crippen molar-refractivity contribution in [3.63, 3.8) is 0 Å². The average Bonchev–Trinajstić information content (AvgIpc) is 3.37. The number of thiophene rings is 1. The van der Waals surface area contributed by atoms with Crippen molar-refractivity contribution in [1.82, 2.24) is 19.5 Å². The lowest BCUT2D eigenvalue weighted by molar-refractivity contribution is 0.347. The first-order valence-electron chi connectivity index (χ1n) is 9.24. The number of guanidine groups is 1. The third kappa shape index (κ3) is 6.19. The molecule has 1 aliphatic rings. The molecule has 0 atom stereocenters. The maximum Gasteiger partial charge on any atom is 0.252 e. The fourth-order valence-electron chi connectivity index (χ4n) is 3.04. The normalized spacial score (nSPS) is 15.8. The van der Waals surface area contributed by atoms with Crippen LogP contribution in [-0.2, 0) is 23.1 Å². The summed E-state index contributed by atoms with van der Waals surface area (Å²) >= 11 is 1.33. The van der Waals surface area contributed by atoms with Gasteiger partial charge in [0, 0.05) is 50.5 Å². The van der Waals surface area contributed by atoms with E-state index < -0.39 is 10.0 Å². The van der Waals surface area contributed by atoms with Gasteiger partial charge < -0.3 is 15.2 Å². The number of nitrogens with zero attached hydrogens (tertiary/aromatic N) is 3.